The number of rotatable bonds is 2. The van der Waals surface area contributed by atoms with Crippen LogP contribution in [-0.4, -0.2) is 11.1 Å². The number of hydrogen-bond acceptors (Lipinski definition) is 1. The molecule has 0 spiro atoms. The first-order chi connectivity index (χ1) is 6.45. The Morgan fingerprint density at radius 1 is 1.50 bits per heavy atom. The van der Waals surface area contributed by atoms with Crippen molar-refractivity contribution in [2.24, 2.45) is 0 Å². The van der Waals surface area contributed by atoms with Gasteiger partial charge < -0.3 is 5.11 Å². The van der Waals surface area contributed by atoms with Gasteiger partial charge in [0.1, 0.15) is 11.6 Å². The molecule has 14 heavy (non-hydrogen) atoms. The highest BCUT2D eigenvalue weighted by Crippen LogP contribution is 2.27. The maximum Gasteiger partial charge on any atom is 0.310 e. The second kappa shape index (κ2) is 3.92. The molecule has 0 aliphatic carbocycles. The molecule has 0 amide bonds. The lowest BCUT2D eigenvalue weighted by Crippen LogP contribution is -2.11. The fourth-order valence-electron chi connectivity index (χ4n) is 1.06. The zero-order valence-electron chi connectivity index (χ0n) is 7.22. The zero-order chi connectivity index (χ0) is 10.9. The van der Waals surface area contributed by atoms with Crippen LogP contribution >= 0.6 is 11.6 Å². The summed E-state index contributed by atoms with van der Waals surface area (Å²) in [4.78, 5) is 10.5. The standard InChI is InChI=1S/C9H7ClF2O2/c1-4(9(13)14)7-6(11)3-2-5(10)8(7)12/h2-4H,1H3,(H,13,14). The number of carboxylic acids is 1. The number of hydrogen-bond donors (Lipinski definition) is 1. The van der Waals surface area contributed by atoms with Crippen molar-refractivity contribution in [1.29, 1.82) is 0 Å². The maximum atomic E-state index is 13.2. The zero-order valence-corrected chi connectivity index (χ0v) is 7.98. The third-order valence-corrected chi connectivity index (χ3v) is 2.17. The van der Waals surface area contributed by atoms with Gasteiger partial charge in [-0.3, -0.25) is 4.79 Å². The van der Waals surface area contributed by atoms with Crippen LogP contribution < -0.4 is 0 Å². The summed E-state index contributed by atoms with van der Waals surface area (Å²) in [5.74, 6) is -4.47. The Morgan fingerprint density at radius 3 is 2.57 bits per heavy atom. The Kier molecular flexibility index (Phi) is 3.06. The third-order valence-electron chi connectivity index (χ3n) is 1.88. The van der Waals surface area contributed by atoms with Gasteiger partial charge in [-0.25, -0.2) is 8.78 Å². The van der Waals surface area contributed by atoms with Gasteiger partial charge in [0.15, 0.2) is 0 Å². The van der Waals surface area contributed by atoms with Crippen LogP contribution in [0.4, 0.5) is 8.78 Å². The average Bonchev–Trinajstić information content (AvgIpc) is 2.12. The molecule has 0 saturated carbocycles. The lowest BCUT2D eigenvalue weighted by molar-refractivity contribution is -0.138. The monoisotopic (exact) mass is 220 g/mol. The molecule has 1 atom stereocenters. The quantitative estimate of drug-likeness (QED) is 0.779. The van der Waals surface area contributed by atoms with Crippen LogP contribution in [0.5, 0.6) is 0 Å². The molecule has 0 fully saturated rings. The molecule has 0 heterocycles. The molecule has 2 nitrogen and oxygen atoms in total. The third kappa shape index (κ3) is 1.85. The first-order valence-electron chi connectivity index (χ1n) is 3.81. The number of aliphatic carboxylic acids is 1. The molecule has 0 aliphatic heterocycles. The van der Waals surface area contributed by atoms with Gasteiger partial charge in [0, 0.05) is 5.56 Å². The summed E-state index contributed by atoms with van der Waals surface area (Å²) in [6, 6.07) is 1.99. The van der Waals surface area contributed by atoms with Gasteiger partial charge in [0.25, 0.3) is 0 Å². The number of carbonyl (C=O) groups is 1. The summed E-state index contributed by atoms with van der Waals surface area (Å²) < 4.78 is 26.3. The average molecular weight is 221 g/mol. The van der Waals surface area contributed by atoms with Gasteiger partial charge in [-0.1, -0.05) is 11.6 Å². The molecule has 1 unspecified atom stereocenters. The number of carboxylic acid groups (broad SMARTS) is 1. The minimum Gasteiger partial charge on any atom is -0.481 e. The van der Waals surface area contributed by atoms with E-state index in [2.05, 4.69) is 0 Å². The van der Waals surface area contributed by atoms with Crippen LogP contribution in [0.15, 0.2) is 12.1 Å². The van der Waals surface area contributed by atoms with Gasteiger partial charge in [-0.2, -0.15) is 0 Å². The minimum atomic E-state index is -1.30. The molecule has 1 rings (SSSR count). The molecule has 0 radical (unpaired) electrons. The van der Waals surface area contributed by atoms with E-state index < -0.39 is 29.1 Å². The molecule has 76 valence electrons. The van der Waals surface area contributed by atoms with Crippen LogP contribution in [0, 0.1) is 11.6 Å². The lowest BCUT2D eigenvalue weighted by Gasteiger charge is -2.09. The molecule has 0 bridgehead atoms. The summed E-state index contributed by atoms with van der Waals surface area (Å²) in [5, 5.41) is 8.32. The van der Waals surface area contributed by atoms with Gasteiger partial charge in [0.05, 0.1) is 10.9 Å². The Hall–Kier alpha value is -1.16. The normalized spacial score (nSPS) is 12.6. The van der Waals surface area contributed by atoms with E-state index in [0.717, 1.165) is 12.1 Å². The second-order valence-electron chi connectivity index (χ2n) is 2.82. The fraction of sp³-hybridized carbons (Fsp3) is 0.222. The van der Waals surface area contributed by atoms with Gasteiger partial charge in [-0.05, 0) is 19.1 Å². The Bertz CT molecular complexity index is 379. The van der Waals surface area contributed by atoms with Crippen molar-refractivity contribution in [3.8, 4) is 0 Å². The molecule has 0 aliphatic rings. The van der Waals surface area contributed by atoms with E-state index in [1.54, 1.807) is 0 Å². The summed E-state index contributed by atoms with van der Waals surface area (Å²) in [6.07, 6.45) is 0. The van der Waals surface area contributed by atoms with Crippen molar-refractivity contribution < 1.29 is 18.7 Å². The highest BCUT2D eigenvalue weighted by Gasteiger charge is 2.23. The predicted molar refractivity (Wildman–Crippen MR) is 47.4 cm³/mol. The van der Waals surface area contributed by atoms with Crippen molar-refractivity contribution in [3.63, 3.8) is 0 Å². The minimum absolute atomic E-state index is 0.283. The van der Waals surface area contributed by atoms with E-state index >= 15 is 0 Å². The van der Waals surface area contributed by atoms with E-state index in [9.17, 15) is 13.6 Å². The van der Waals surface area contributed by atoms with E-state index in [0.29, 0.717) is 0 Å². The predicted octanol–water partition coefficient (Wildman–Crippen LogP) is 2.81. The Balaban J connectivity index is 3.32. The van der Waals surface area contributed by atoms with Crippen molar-refractivity contribution in [2.75, 3.05) is 0 Å². The largest absolute Gasteiger partial charge is 0.481 e. The summed E-state index contributed by atoms with van der Waals surface area (Å²) in [7, 11) is 0. The molecule has 5 heteroatoms. The molecule has 0 aromatic heterocycles. The van der Waals surface area contributed by atoms with E-state index in [1.807, 2.05) is 0 Å². The molecule has 1 N–H and O–H groups in total. The topological polar surface area (TPSA) is 37.3 Å². The number of benzene rings is 1. The second-order valence-corrected chi connectivity index (χ2v) is 3.22. The van der Waals surface area contributed by atoms with Crippen molar-refractivity contribution in [1.82, 2.24) is 0 Å². The van der Waals surface area contributed by atoms with Crippen LogP contribution in [0.3, 0.4) is 0 Å². The van der Waals surface area contributed by atoms with E-state index in [-0.39, 0.29) is 5.02 Å². The summed E-state index contributed by atoms with van der Waals surface area (Å²) in [5.41, 5.74) is -0.509. The van der Waals surface area contributed by atoms with Gasteiger partial charge in [-0.15, -0.1) is 0 Å². The SMILES string of the molecule is CC(C(=O)O)c1c(F)ccc(Cl)c1F. The Morgan fingerprint density at radius 2 is 2.07 bits per heavy atom. The van der Waals surface area contributed by atoms with Crippen molar-refractivity contribution in [2.45, 2.75) is 12.8 Å². The lowest BCUT2D eigenvalue weighted by atomic mass is 10.0. The summed E-state index contributed by atoms with van der Waals surface area (Å²) >= 11 is 5.40. The molecule has 0 saturated heterocycles. The van der Waals surface area contributed by atoms with Crippen LogP contribution in [-0.2, 0) is 4.79 Å². The smallest absolute Gasteiger partial charge is 0.310 e. The Labute approximate surface area is 84.1 Å². The first-order valence-corrected chi connectivity index (χ1v) is 4.19. The van der Waals surface area contributed by atoms with Gasteiger partial charge >= 0.3 is 5.97 Å². The molecular formula is C9H7ClF2O2. The summed E-state index contributed by atoms with van der Waals surface area (Å²) in [6.45, 7) is 1.19. The van der Waals surface area contributed by atoms with Crippen LogP contribution in [0.25, 0.3) is 0 Å². The highest BCUT2D eigenvalue weighted by molar-refractivity contribution is 6.30. The van der Waals surface area contributed by atoms with E-state index in [4.69, 9.17) is 16.7 Å². The van der Waals surface area contributed by atoms with Gasteiger partial charge in [0.2, 0.25) is 0 Å². The maximum absolute atomic E-state index is 13.2. The van der Waals surface area contributed by atoms with Crippen molar-refractivity contribution >= 4 is 17.6 Å². The van der Waals surface area contributed by atoms with Crippen molar-refractivity contribution in [3.05, 3.63) is 34.4 Å². The molecule has 1 aromatic rings. The highest BCUT2D eigenvalue weighted by atomic mass is 35.5. The first kappa shape index (κ1) is 10.9. The van der Waals surface area contributed by atoms with Crippen LogP contribution in [0.2, 0.25) is 5.02 Å². The fourth-order valence-corrected chi connectivity index (χ4v) is 1.23. The molecular weight excluding hydrogens is 214 g/mol. The molecule has 1 aromatic carbocycles. The van der Waals surface area contributed by atoms with E-state index in [1.165, 1.54) is 6.92 Å². The number of halogens is 3. The van der Waals surface area contributed by atoms with Crippen LogP contribution in [0.1, 0.15) is 18.4 Å².